The lowest BCUT2D eigenvalue weighted by atomic mass is 9.96. The molecule has 88 valence electrons. The molecular weight excluding hydrogens is 190 g/mol. The lowest BCUT2D eigenvalue weighted by Gasteiger charge is -2.32. The summed E-state index contributed by atoms with van der Waals surface area (Å²) >= 11 is 0. The van der Waals surface area contributed by atoms with Gasteiger partial charge in [0.05, 0.1) is 5.92 Å². The van der Waals surface area contributed by atoms with Gasteiger partial charge in [0.2, 0.25) is 0 Å². The van der Waals surface area contributed by atoms with E-state index in [1.54, 1.807) is 0 Å². The minimum absolute atomic E-state index is 0.131. The van der Waals surface area contributed by atoms with Gasteiger partial charge in [-0.3, -0.25) is 4.79 Å². The quantitative estimate of drug-likeness (QED) is 0.761. The number of likely N-dealkylation sites (tertiary alicyclic amines) is 1. The molecule has 0 aromatic carbocycles. The maximum atomic E-state index is 10.9. The first-order valence-corrected chi connectivity index (χ1v) is 6.12. The molecular formula is C12H23NO2. The Kier molecular flexibility index (Phi) is 5.09. The third-order valence-corrected chi connectivity index (χ3v) is 3.53. The smallest absolute Gasteiger partial charge is 0.307 e. The van der Waals surface area contributed by atoms with Crippen molar-refractivity contribution >= 4 is 5.97 Å². The van der Waals surface area contributed by atoms with Crippen LogP contribution >= 0.6 is 0 Å². The number of rotatable bonds is 5. The highest BCUT2D eigenvalue weighted by molar-refractivity contribution is 5.70. The van der Waals surface area contributed by atoms with Crippen LogP contribution in [0, 0.1) is 11.8 Å². The van der Waals surface area contributed by atoms with Crippen molar-refractivity contribution in [3.8, 4) is 0 Å². The summed E-state index contributed by atoms with van der Waals surface area (Å²) in [6.45, 7) is 7.35. The summed E-state index contributed by atoms with van der Waals surface area (Å²) in [6, 6.07) is 0. The van der Waals surface area contributed by atoms with E-state index in [0.29, 0.717) is 0 Å². The van der Waals surface area contributed by atoms with Gasteiger partial charge >= 0.3 is 5.97 Å². The van der Waals surface area contributed by atoms with Crippen molar-refractivity contribution in [2.24, 2.45) is 11.8 Å². The van der Waals surface area contributed by atoms with Crippen LogP contribution in [0.4, 0.5) is 0 Å². The molecule has 1 saturated heterocycles. The molecule has 0 aromatic rings. The molecule has 1 heterocycles. The minimum atomic E-state index is -0.621. The fourth-order valence-corrected chi connectivity index (χ4v) is 2.33. The van der Waals surface area contributed by atoms with E-state index in [1.165, 1.54) is 12.8 Å². The van der Waals surface area contributed by atoms with Crippen molar-refractivity contribution in [1.29, 1.82) is 0 Å². The Morgan fingerprint density at radius 3 is 2.67 bits per heavy atom. The number of piperidine rings is 1. The summed E-state index contributed by atoms with van der Waals surface area (Å²) in [5, 5.41) is 8.98. The van der Waals surface area contributed by atoms with Crippen molar-refractivity contribution in [1.82, 2.24) is 4.90 Å². The van der Waals surface area contributed by atoms with Gasteiger partial charge in [-0.15, -0.1) is 0 Å². The van der Waals surface area contributed by atoms with Crippen LogP contribution in [-0.2, 0) is 4.79 Å². The lowest BCUT2D eigenvalue weighted by molar-refractivity contribution is -0.143. The summed E-state index contributed by atoms with van der Waals surface area (Å²) in [7, 11) is 0. The van der Waals surface area contributed by atoms with Gasteiger partial charge in [-0.2, -0.15) is 0 Å². The molecule has 0 radical (unpaired) electrons. The van der Waals surface area contributed by atoms with E-state index in [0.717, 1.165) is 38.4 Å². The molecule has 0 aromatic heterocycles. The third kappa shape index (κ3) is 3.82. The van der Waals surface area contributed by atoms with E-state index in [-0.39, 0.29) is 5.92 Å². The van der Waals surface area contributed by atoms with Crippen molar-refractivity contribution in [3.63, 3.8) is 0 Å². The van der Waals surface area contributed by atoms with Gasteiger partial charge in [-0.1, -0.05) is 26.7 Å². The Hall–Kier alpha value is -0.570. The van der Waals surface area contributed by atoms with Gasteiger partial charge in [0.1, 0.15) is 0 Å². The van der Waals surface area contributed by atoms with Gasteiger partial charge in [-0.25, -0.2) is 0 Å². The molecule has 1 rings (SSSR count). The van der Waals surface area contributed by atoms with Gasteiger partial charge in [0.25, 0.3) is 0 Å². The fourth-order valence-electron chi connectivity index (χ4n) is 2.33. The maximum Gasteiger partial charge on any atom is 0.307 e. The summed E-state index contributed by atoms with van der Waals surface area (Å²) in [6.07, 6.45) is 4.29. The van der Waals surface area contributed by atoms with Crippen LogP contribution in [0.5, 0.6) is 0 Å². The summed E-state index contributed by atoms with van der Waals surface area (Å²) in [4.78, 5) is 13.2. The average Bonchev–Trinajstić information content (AvgIpc) is 2.26. The number of nitrogens with zero attached hydrogens (tertiary/aromatic N) is 1. The van der Waals surface area contributed by atoms with Crippen LogP contribution in [-0.4, -0.2) is 35.6 Å². The molecule has 3 heteroatoms. The van der Waals surface area contributed by atoms with E-state index < -0.39 is 5.97 Å². The van der Waals surface area contributed by atoms with Crippen molar-refractivity contribution in [2.75, 3.05) is 19.6 Å². The van der Waals surface area contributed by atoms with Crippen LogP contribution in [0.25, 0.3) is 0 Å². The SMILES string of the molecule is CCC(CC)CN1CCC[C@H](C(=O)O)C1. The molecule has 1 N–H and O–H groups in total. The molecule has 0 spiro atoms. The Bertz CT molecular complexity index is 202. The largest absolute Gasteiger partial charge is 0.481 e. The van der Waals surface area contributed by atoms with Crippen LogP contribution in [0.2, 0.25) is 0 Å². The van der Waals surface area contributed by atoms with Gasteiger partial charge in [0.15, 0.2) is 0 Å². The predicted molar refractivity (Wildman–Crippen MR) is 60.9 cm³/mol. The van der Waals surface area contributed by atoms with Crippen LogP contribution in [0.15, 0.2) is 0 Å². The summed E-state index contributed by atoms with van der Waals surface area (Å²) < 4.78 is 0. The van der Waals surface area contributed by atoms with Gasteiger partial charge in [-0.05, 0) is 25.3 Å². The molecule has 1 fully saturated rings. The van der Waals surface area contributed by atoms with Crippen LogP contribution in [0.3, 0.4) is 0 Å². The van der Waals surface area contributed by atoms with Crippen molar-refractivity contribution in [3.05, 3.63) is 0 Å². The zero-order chi connectivity index (χ0) is 11.3. The molecule has 1 atom stereocenters. The first-order chi connectivity index (χ1) is 7.17. The molecule has 0 aliphatic carbocycles. The topological polar surface area (TPSA) is 40.5 Å². The highest BCUT2D eigenvalue weighted by atomic mass is 16.4. The molecule has 1 aliphatic heterocycles. The van der Waals surface area contributed by atoms with Gasteiger partial charge in [0, 0.05) is 13.1 Å². The zero-order valence-electron chi connectivity index (χ0n) is 9.91. The molecule has 3 nitrogen and oxygen atoms in total. The number of carboxylic acids is 1. The molecule has 1 aliphatic rings. The molecule has 0 unspecified atom stereocenters. The second-order valence-electron chi connectivity index (χ2n) is 4.62. The summed E-state index contributed by atoms with van der Waals surface area (Å²) in [5.41, 5.74) is 0. The summed E-state index contributed by atoms with van der Waals surface area (Å²) in [5.74, 6) is -0.0186. The van der Waals surface area contributed by atoms with E-state index in [4.69, 9.17) is 5.11 Å². The number of carbonyl (C=O) groups is 1. The normalized spacial score (nSPS) is 23.3. The van der Waals surface area contributed by atoms with Crippen molar-refractivity contribution in [2.45, 2.75) is 39.5 Å². The second-order valence-corrected chi connectivity index (χ2v) is 4.62. The highest BCUT2D eigenvalue weighted by Crippen LogP contribution is 2.19. The fraction of sp³-hybridized carbons (Fsp3) is 0.917. The Morgan fingerprint density at radius 1 is 1.47 bits per heavy atom. The van der Waals surface area contributed by atoms with E-state index in [1.807, 2.05) is 0 Å². The molecule has 0 bridgehead atoms. The Labute approximate surface area is 92.5 Å². The van der Waals surface area contributed by atoms with E-state index in [2.05, 4.69) is 18.7 Å². The van der Waals surface area contributed by atoms with E-state index >= 15 is 0 Å². The molecule has 0 amide bonds. The lowest BCUT2D eigenvalue weighted by Crippen LogP contribution is -2.40. The second kappa shape index (κ2) is 6.11. The Balaban J connectivity index is 2.38. The highest BCUT2D eigenvalue weighted by Gasteiger charge is 2.25. The molecule has 0 saturated carbocycles. The van der Waals surface area contributed by atoms with Crippen molar-refractivity contribution < 1.29 is 9.90 Å². The standard InChI is InChI=1S/C12H23NO2/c1-3-10(4-2)8-13-7-5-6-11(9-13)12(14)15/h10-11H,3-9H2,1-2H3,(H,14,15)/t11-/m0/s1. The number of carboxylic acid groups (broad SMARTS) is 1. The number of hydrogen-bond acceptors (Lipinski definition) is 2. The number of hydrogen-bond donors (Lipinski definition) is 1. The van der Waals surface area contributed by atoms with Gasteiger partial charge < -0.3 is 10.0 Å². The predicted octanol–water partition coefficient (Wildman–Crippen LogP) is 2.22. The third-order valence-electron chi connectivity index (χ3n) is 3.53. The average molecular weight is 213 g/mol. The number of aliphatic carboxylic acids is 1. The minimum Gasteiger partial charge on any atom is -0.481 e. The monoisotopic (exact) mass is 213 g/mol. The molecule has 15 heavy (non-hydrogen) atoms. The first-order valence-electron chi connectivity index (χ1n) is 6.12. The first kappa shape index (κ1) is 12.5. The van der Waals surface area contributed by atoms with E-state index in [9.17, 15) is 4.79 Å². The van der Waals surface area contributed by atoms with Crippen LogP contribution < -0.4 is 0 Å². The van der Waals surface area contributed by atoms with Crippen LogP contribution in [0.1, 0.15) is 39.5 Å². The Morgan fingerprint density at radius 2 is 2.13 bits per heavy atom. The maximum absolute atomic E-state index is 10.9. The zero-order valence-corrected chi connectivity index (χ0v) is 9.91.